The molecule has 14 heavy (non-hydrogen) atoms. The van der Waals surface area contributed by atoms with Gasteiger partial charge in [-0.15, -0.1) is 0 Å². The van der Waals surface area contributed by atoms with Crippen molar-refractivity contribution in [1.29, 1.82) is 0 Å². The fourth-order valence-electron chi connectivity index (χ4n) is 0.893. The molecule has 0 radical (unpaired) electrons. The van der Waals surface area contributed by atoms with Gasteiger partial charge in [-0.3, -0.25) is 0 Å². The predicted molar refractivity (Wildman–Crippen MR) is 42.7 cm³/mol. The predicted octanol–water partition coefficient (Wildman–Crippen LogP) is 1.64. The van der Waals surface area contributed by atoms with E-state index in [-0.39, 0.29) is 5.22 Å². The minimum atomic E-state index is -4.90. The van der Waals surface area contributed by atoms with Crippen LogP contribution in [0.4, 0.5) is 13.2 Å². The fourth-order valence-corrected chi connectivity index (χ4v) is 1.04. The summed E-state index contributed by atoms with van der Waals surface area (Å²) in [5.41, 5.74) is 1.68. The summed E-state index contributed by atoms with van der Waals surface area (Å²) in [5.74, 6) is -0.711. The lowest BCUT2D eigenvalue weighted by Gasteiger charge is -2.26. The quantitative estimate of drug-likeness (QED) is 0.811. The smallest absolute Gasteiger partial charge is 0.425 e. The molecule has 1 unspecified atom stereocenters. The van der Waals surface area contributed by atoms with E-state index in [1.54, 1.807) is 0 Å². The molecule has 3 N–H and O–H groups in total. The molecule has 0 spiro atoms. The SMILES string of the molecule is NCC(O)(c1ccc(Cl)o1)C(F)(F)F. The lowest BCUT2D eigenvalue weighted by Crippen LogP contribution is -2.48. The van der Waals surface area contributed by atoms with Gasteiger partial charge >= 0.3 is 6.18 Å². The summed E-state index contributed by atoms with van der Waals surface area (Å²) in [6, 6.07) is 2.03. The number of furan rings is 1. The van der Waals surface area contributed by atoms with E-state index in [1.165, 1.54) is 0 Å². The third kappa shape index (κ3) is 1.73. The Labute approximate surface area is 82.3 Å². The fraction of sp³-hybridized carbons (Fsp3) is 0.429. The maximum absolute atomic E-state index is 12.4. The number of halogens is 4. The number of hydrogen-bond donors (Lipinski definition) is 2. The molecule has 0 saturated carbocycles. The largest absolute Gasteiger partial charge is 0.446 e. The third-order valence-corrected chi connectivity index (χ3v) is 1.95. The van der Waals surface area contributed by atoms with Crippen LogP contribution in [0.2, 0.25) is 5.22 Å². The van der Waals surface area contributed by atoms with E-state index in [2.05, 4.69) is 4.42 Å². The van der Waals surface area contributed by atoms with Gasteiger partial charge in [0.1, 0.15) is 5.76 Å². The molecule has 1 rings (SSSR count). The maximum atomic E-state index is 12.4. The molecule has 1 heterocycles. The van der Waals surface area contributed by atoms with Gasteiger partial charge in [-0.2, -0.15) is 13.2 Å². The van der Waals surface area contributed by atoms with Gasteiger partial charge in [0.2, 0.25) is 5.60 Å². The molecule has 0 aliphatic heterocycles. The molecule has 0 bridgehead atoms. The number of hydrogen-bond acceptors (Lipinski definition) is 3. The van der Waals surface area contributed by atoms with Crippen molar-refractivity contribution in [2.45, 2.75) is 11.8 Å². The van der Waals surface area contributed by atoms with Crippen LogP contribution in [0.15, 0.2) is 16.5 Å². The van der Waals surface area contributed by atoms with Crippen molar-refractivity contribution in [2.75, 3.05) is 6.54 Å². The second kappa shape index (κ2) is 3.45. The first-order chi connectivity index (χ1) is 6.31. The highest BCUT2D eigenvalue weighted by atomic mass is 35.5. The summed E-state index contributed by atoms with van der Waals surface area (Å²) < 4.78 is 41.6. The summed E-state index contributed by atoms with van der Waals surface area (Å²) in [6.45, 7) is -1.03. The van der Waals surface area contributed by atoms with Crippen LogP contribution in [0, 0.1) is 0 Å². The first-order valence-corrected chi connectivity index (χ1v) is 3.94. The monoisotopic (exact) mass is 229 g/mol. The minimum absolute atomic E-state index is 0.240. The van der Waals surface area contributed by atoms with E-state index in [0.717, 1.165) is 12.1 Å². The zero-order chi connectivity index (χ0) is 11.0. The molecule has 3 nitrogen and oxygen atoms in total. The van der Waals surface area contributed by atoms with Gasteiger partial charge in [0, 0.05) is 6.54 Å². The maximum Gasteiger partial charge on any atom is 0.425 e. The zero-order valence-corrected chi connectivity index (χ0v) is 7.56. The zero-order valence-electron chi connectivity index (χ0n) is 6.81. The number of aliphatic hydroxyl groups is 1. The van der Waals surface area contributed by atoms with E-state index >= 15 is 0 Å². The molecule has 0 saturated heterocycles. The molecule has 1 atom stereocenters. The molecular weight excluding hydrogens is 223 g/mol. The number of nitrogens with two attached hydrogens (primary N) is 1. The molecule has 7 heteroatoms. The third-order valence-electron chi connectivity index (χ3n) is 1.75. The van der Waals surface area contributed by atoms with Gasteiger partial charge in [0.25, 0.3) is 0 Å². The van der Waals surface area contributed by atoms with Crippen molar-refractivity contribution in [3.05, 3.63) is 23.1 Å². The Hall–Kier alpha value is -0.720. The second-order valence-electron chi connectivity index (χ2n) is 2.67. The molecule has 0 aliphatic rings. The molecular formula is C7H7ClF3NO2. The highest BCUT2D eigenvalue weighted by Gasteiger charge is 2.56. The number of rotatable bonds is 2. The second-order valence-corrected chi connectivity index (χ2v) is 3.04. The molecule has 80 valence electrons. The Morgan fingerprint density at radius 3 is 2.29 bits per heavy atom. The Morgan fingerprint density at radius 2 is 2.00 bits per heavy atom. The normalized spacial score (nSPS) is 16.7. The van der Waals surface area contributed by atoms with Crippen LogP contribution in [0.25, 0.3) is 0 Å². The van der Waals surface area contributed by atoms with Crippen LogP contribution in [-0.2, 0) is 5.60 Å². The lowest BCUT2D eigenvalue weighted by atomic mass is 10.0. The Kier molecular flexibility index (Phi) is 2.80. The summed E-state index contributed by atoms with van der Waals surface area (Å²) in [4.78, 5) is 0. The first kappa shape index (κ1) is 11.4. The average molecular weight is 230 g/mol. The van der Waals surface area contributed by atoms with Crippen LogP contribution in [0.5, 0.6) is 0 Å². The molecule has 0 aliphatic carbocycles. The highest BCUT2D eigenvalue weighted by Crippen LogP contribution is 2.39. The van der Waals surface area contributed by atoms with E-state index < -0.39 is 24.1 Å². The highest BCUT2D eigenvalue weighted by molar-refractivity contribution is 6.28. The molecule has 0 amide bonds. The van der Waals surface area contributed by atoms with E-state index in [0.29, 0.717) is 0 Å². The lowest BCUT2D eigenvalue weighted by molar-refractivity contribution is -0.268. The van der Waals surface area contributed by atoms with Crippen LogP contribution in [0.3, 0.4) is 0 Å². The molecule has 0 aromatic carbocycles. The van der Waals surface area contributed by atoms with Crippen LogP contribution >= 0.6 is 11.6 Å². The van der Waals surface area contributed by atoms with Crippen molar-refractivity contribution in [2.24, 2.45) is 5.73 Å². The molecule has 1 aromatic heterocycles. The van der Waals surface area contributed by atoms with E-state index in [4.69, 9.17) is 17.3 Å². The van der Waals surface area contributed by atoms with Gasteiger partial charge in [0.15, 0.2) is 5.22 Å². The van der Waals surface area contributed by atoms with Crippen molar-refractivity contribution < 1.29 is 22.7 Å². The van der Waals surface area contributed by atoms with E-state index in [9.17, 15) is 18.3 Å². The average Bonchev–Trinajstić information content (AvgIpc) is 2.48. The van der Waals surface area contributed by atoms with Gasteiger partial charge in [-0.1, -0.05) is 0 Å². The minimum Gasteiger partial charge on any atom is -0.446 e. The number of alkyl halides is 3. The van der Waals surface area contributed by atoms with Gasteiger partial charge < -0.3 is 15.3 Å². The summed E-state index contributed by atoms with van der Waals surface area (Å²) >= 11 is 5.29. The summed E-state index contributed by atoms with van der Waals surface area (Å²) in [6.07, 6.45) is -4.90. The van der Waals surface area contributed by atoms with Gasteiger partial charge in [-0.05, 0) is 23.7 Å². The van der Waals surface area contributed by atoms with Gasteiger partial charge in [-0.25, -0.2) is 0 Å². The van der Waals surface area contributed by atoms with Gasteiger partial charge in [0.05, 0.1) is 0 Å². The van der Waals surface area contributed by atoms with Crippen molar-refractivity contribution in [1.82, 2.24) is 0 Å². The van der Waals surface area contributed by atoms with Crippen molar-refractivity contribution in [3.63, 3.8) is 0 Å². The summed E-state index contributed by atoms with van der Waals surface area (Å²) in [7, 11) is 0. The Bertz CT molecular complexity index is 325. The van der Waals surface area contributed by atoms with E-state index in [1.807, 2.05) is 0 Å². The molecule has 1 aromatic rings. The van der Waals surface area contributed by atoms with Crippen molar-refractivity contribution in [3.8, 4) is 0 Å². The van der Waals surface area contributed by atoms with Crippen LogP contribution in [-0.4, -0.2) is 17.8 Å². The van der Waals surface area contributed by atoms with Crippen LogP contribution < -0.4 is 5.73 Å². The molecule has 0 fully saturated rings. The summed E-state index contributed by atoms with van der Waals surface area (Å²) in [5, 5.41) is 9.00. The first-order valence-electron chi connectivity index (χ1n) is 3.56. The Morgan fingerprint density at radius 1 is 1.43 bits per heavy atom. The standard InChI is InChI=1S/C7H7ClF3NO2/c8-5-2-1-4(14-5)6(13,3-12)7(9,10)11/h1-2,13H,3,12H2. The Balaban J connectivity index is 3.14. The topological polar surface area (TPSA) is 59.4 Å². The van der Waals surface area contributed by atoms with Crippen molar-refractivity contribution >= 4 is 11.6 Å². The van der Waals surface area contributed by atoms with Crippen LogP contribution in [0.1, 0.15) is 5.76 Å².